The van der Waals surface area contributed by atoms with E-state index in [1.807, 2.05) is 21.1 Å². The van der Waals surface area contributed by atoms with E-state index < -0.39 is 32.5 Å². The van der Waals surface area contributed by atoms with E-state index in [4.69, 9.17) is 18.5 Å². The first kappa shape index (κ1) is 51.2. The number of hydrogen-bond acceptors (Lipinski definition) is 7. The first-order valence-electron chi connectivity index (χ1n) is 20.3. The van der Waals surface area contributed by atoms with Crippen LogP contribution in [-0.2, 0) is 32.7 Å². The number of phosphoric acid groups is 1. The predicted octanol–water partition coefficient (Wildman–Crippen LogP) is 11.2. The number of likely N-dealkylation sites (N-methyl/N-ethyl adjacent to an activating group) is 1. The molecule has 0 aromatic carbocycles. The largest absolute Gasteiger partial charge is 0.472 e. The summed E-state index contributed by atoms with van der Waals surface area (Å²) < 4.78 is 34.2. The van der Waals surface area contributed by atoms with Gasteiger partial charge in [-0.25, -0.2) is 4.57 Å². The summed E-state index contributed by atoms with van der Waals surface area (Å²) in [6.07, 6.45) is 44.9. The summed E-state index contributed by atoms with van der Waals surface area (Å²) in [5.74, 6) is -0.879. The molecule has 0 amide bonds. The molecule has 0 rings (SSSR count). The molecule has 54 heavy (non-hydrogen) atoms. The smallest absolute Gasteiger partial charge is 0.462 e. The highest BCUT2D eigenvalue weighted by Crippen LogP contribution is 2.43. The number of allylic oxidation sites excluding steroid dienone is 14. The van der Waals surface area contributed by atoms with E-state index in [1.165, 1.54) is 0 Å². The Bertz CT molecular complexity index is 1200. The van der Waals surface area contributed by atoms with Crippen molar-refractivity contribution in [2.24, 2.45) is 0 Å². The fourth-order valence-electron chi connectivity index (χ4n) is 4.78. The van der Waals surface area contributed by atoms with Gasteiger partial charge in [-0.1, -0.05) is 118 Å². The Balaban J connectivity index is 4.53. The standard InChI is InChI=1S/C44H74NO8P/c1-6-8-10-12-14-16-18-20-22-24-26-28-30-32-34-36-43(46)50-40-42(41-52-54(48,49)51-39-38-45(3,4)5)53-44(47)37-35-33-31-29-27-25-23-21-19-17-15-13-11-9-7-2/h8-11,14-17,20-23,26,28,42H,6-7,12-13,18-19,24-25,27,29-41H2,1-5H3/p+1/b10-8+,11-9+,16-14+,17-15+,22-20+,23-21+,28-26+/t42-/m1/s1. The van der Waals surface area contributed by atoms with Crippen LogP contribution in [0, 0.1) is 0 Å². The van der Waals surface area contributed by atoms with E-state index in [9.17, 15) is 19.0 Å². The molecule has 0 radical (unpaired) electrons. The lowest BCUT2D eigenvalue weighted by Gasteiger charge is -2.24. The van der Waals surface area contributed by atoms with Crippen LogP contribution in [0.3, 0.4) is 0 Å². The molecule has 0 aromatic rings. The normalized spacial score (nSPS) is 14.6. The molecule has 0 saturated carbocycles. The minimum absolute atomic E-state index is 0.0163. The van der Waals surface area contributed by atoms with Crippen LogP contribution in [0.2, 0.25) is 0 Å². The molecular formula is C44H75NO8P+. The third-order valence-electron chi connectivity index (χ3n) is 7.92. The van der Waals surface area contributed by atoms with Crippen molar-refractivity contribution in [2.75, 3.05) is 47.5 Å². The lowest BCUT2D eigenvalue weighted by molar-refractivity contribution is -0.870. The highest BCUT2D eigenvalue weighted by atomic mass is 31.2. The van der Waals surface area contributed by atoms with Crippen LogP contribution in [0.5, 0.6) is 0 Å². The van der Waals surface area contributed by atoms with Crippen LogP contribution in [0.1, 0.15) is 129 Å². The molecule has 0 aliphatic carbocycles. The van der Waals surface area contributed by atoms with Gasteiger partial charge in [0.1, 0.15) is 19.8 Å². The Morgan fingerprint density at radius 3 is 1.52 bits per heavy atom. The van der Waals surface area contributed by atoms with Crippen LogP contribution >= 0.6 is 7.82 Å². The Morgan fingerprint density at radius 1 is 0.574 bits per heavy atom. The fraction of sp³-hybridized carbons (Fsp3) is 0.636. The second-order valence-corrected chi connectivity index (χ2v) is 15.7. The number of rotatable bonds is 35. The first-order valence-corrected chi connectivity index (χ1v) is 21.8. The first-order chi connectivity index (χ1) is 26.0. The summed E-state index contributed by atoms with van der Waals surface area (Å²) >= 11 is 0. The van der Waals surface area contributed by atoms with E-state index in [-0.39, 0.29) is 26.1 Å². The molecule has 0 spiro atoms. The van der Waals surface area contributed by atoms with Crippen LogP contribution in [-0.4, -0.2) is 74.9 Å². The van der Waals surface area contributed by atoms with Crippen molar-refractivity contribution in [3.05, 3.63) is 85.1 Å². The molecule has 0 saturated heterocycles. The minimum Gasteiger partial charge on any atom is -0.462 e. The molecule has 1 unspecified atom stereocenters. The number of ether oxygens (including phenoxy) is 2. The zero-order chi connectivity index (χ0) is 40.0. The molecule has 0 fully saturated rings. The third kappa shape index (κ3) is 38.9. The molecule has 1 N–H and O–H groups in total. The number of esters is 2. The van der Waals surface area contributed by atoms with E-state index in [0.29, 0.717) is 23.9 Å². The molecule has 0 aliphatic heterocycles. The summed E-state index contributed by atoms with van der Waals surface area (Å²) in [5.41, 5.74) is 0. The number of unbranched alkanes of at least 4 members (excludes halogenated alkanes) is 7. The van der Waals surface area contributed by atoms with Crippen LogP contribution in [0.25, 0.3) is 0 Å². The van der Waals surface area contributed by atoms with Crippen molar-refractivity contribution in [3.63, 3.8) is 0 Å². The minimum atomic E-state index is -4.39. The van der Waals surface area contributed by atoms with E-state index >= 15 is 0 Å². The Morgan fingerprint density at radius 2 is 1.00 bits per heavy atom. The number of hydrogen-bond donors (Lipinski definition) is 1. The fourth-order valence-corrected chi connectivity index (χ4v) is 5.52. The topological polar surface area (TPSA) is 108 Å². The summed E-state index contributed by atoms with van der Waals surface area (Å²) in [6.45, 7) is 4.09. The zero-order valence-electron chi connectivity index (χ0n) is 34.4. The lowest BCUT2D eigenvalue weighted by Crippen LogP contribution is -2.37. The quantitative estimate of drug-likeness (QED) is 0.0223. The summed E-state index contributed by atoms with van der Waals surface area (Å²) in [4.78, 5) is 35.3. The maximum Gasteiger partial charge on any atom is 0.472 e. The van der Waals surface area contributed by atoms with Gasteiger partial charge in [-0.3, -0.25) is 18.6 Å². The van der Waals surface area contributed by atoms with Gasteiger partial charge in [0.15, 0.2) is 6.10 Å². The van der Waals surface area contributed by atoms with Gasteiger partial charge in [-0.15, -0.1) is 0 Å². The maximum atomic E-state index is 12.7. The maximum absolute atomic E-state index is 12.7. The number of phosphoric ester groups is 1. The number of nitrogens with zero attached hydrogens (tertiary/aromatic N) is 1. The second-order valence-electron chi connectivity index (χ2n) is 14.3. The van der Waals surface area contributed by atoms with Crippen molar-refractivity contribution < 1.29 is 42.1 Å². The third-order valence-corrected chi connectivity index (χ3v) is 8.90. The van der Waals surface area contributed by atoms with Gasteiger partial charge >= 0.3 is 19.8 Å². The van der Waals surface area contributed by atoms with Crippen molar-refractivity contribution in [1.82, 2.24) is 0 Å². The van der Waals surface area contributed by atoms with Crippen molar-refractivity contribution >= 4 is 19.8 Å². The highest BCUT2D eigenvalue weighted by molar-refractivity contribution is 7.47. The van der Waals surface area contributed by atoms with E-state index in [1.54, 1.807) is 0 Å². The molecule has 10 heteroatoms. The molecular weight excluding hydrogens is 701 g/mol. The van der Waals surface area contributed by atoms with E-state index in [2.05, 4.69) is 98.9 Å². The van der Waals surface area contributed by atoms with Crippen LogP contribution < -0.4 is 0 Å². The highest BCUT2D eigenvalue weighted by Gasteiger charge is 2.27. The molecule has 0 aliphatic rings. The Labute approximate surface area is 329 Å². The van der Waals surface area contributed by atoms with Gasteiger partial charge in [-0.05, 0) is 83.5 Å². The number of carbonyl (C=O) groups excluding carboxylic acids is 2. The van der Waals surface area contributed by atoms with Crippen molar-refractivity contribution in [2.45, 2.75) is 136 Å². The lowest BCUT2D eigenvalue weighted by atomic mass is 10.1. The predicted molar refractivity (Wildman–Crippen MR) is 224 cm³/mol. The average Bonchev–Trinajstić information content (AvgIpc) is 3.12. The van der Waals surface area contributed by atoms with Gasteiger partial charge < -0.3 is 18.9 Å². The van der Waals surface area contributed by atoms with Crippen LogP contribution in [0.15, 0.2) is 85.1 Å². The second kappa shape index (κ2) is 35.9. The Hall–Kier alpha value is -2.81. The molecule has 0 aromatic heterocycles. The van der Waals surface area contributed by atoms with Crippen LogP contribution in [0.4, 0.5) is 0 Å². The van der Waals surface area contributed by atoms with Gasteiger partial charge in [0.25, 0.3) is 0 Å². The van der Waals surface area contributed by atoms with Crippen molar-refractivity contribution in [3.8, 4) is 0 Å². The molecule has 0 heterocycles. The molecule has 308 valence electrons. The molecule has 0 bridgehead atoms. The van der Waals surface area contributed by atoms with E-state index in [0.717, 1.165) is 89.9 Å². The summed E-state index contributed by atoms with van der Waals surface area (Å²) in [5, 5.41) is 0. The molecule has 9 nitrogen and oxygen atoms in total. The van der Waals surface area contributed by atoms with Gasteiger partial charge in [0, 0.05) is 12.8 Å². The number of carbonyl (C=O) groups is 2. The number of quaternary nitrogens is 1. The molecule has 2 atom stereocenters. The SMILES string of the molecule is CC/C=C/C/C=C/C/C=C/C/C=C/CCCCC(=O)OC[C@H](COP(=O)(O)OCC[N+](C)(C)C)OC(=O)CCCCCCC/C=C/C/C=C/C/C=C/CC. The monoisotopic (exact) mass is 777 g/mol. The average molecular weight is 777 g/mol. The van der Waals surface area contributed by atoms with Gasteiger partial charge in [0.05, 0.1) is 27.7 Å². The zero-order valence-corrected chi connectivity index (χ0v) is 35.3. The Kier molecular flexibility index (Phi) is 34.0. The summed E-state index contributed by atoms with van der Waals surface area (Å²) in [7, 11) is 1.42. The van der Waals surface area contributed by atoms with Gasteiger partial charge in [-0.2, -0.15) is 0 Å². The summed E-state index contributed by atoms with van der Waals surface area (Å²) in [6, 6.07) is 0. The van der Waals surface area contributed by atoms with Gasteiger partial charge in [0.2, 0.25) is 0 Å². The van der Waals surface area contributed by atoms with Crippen molar-refractivity contribution in [1.29, 1.82) is 0 Å².